The van der Waals surface area contributed by atoms with Gasteiger partial charge >= 0.3 is 0 Å². The number of para-hydroxylation sites is 1. The molecule has 2 atom stereocenters. The van der Waals surface area contributed by atoms with E-state index in [9.17, 15) is 4.79 Å². The molecule has 4 nitrogen and oxygen atoms in total. The van der Waals surface area contributed by atoms with Gasteiger partial charge in [0.05, 0.1) is 19.1 Å². The summed E-state index contributed by atoms with van der Waals surface area (Å²) in [5, 5.41) is 3.28. The first-order valence-electron chi connectivity index (χ1n) is 10.5. The van der Waals surface area contributed by atoms with Gasteiger partial charge in [0.25, 0.3) is 0 Å². The number of benzene rings is 2. The number of aryl methyl sites for hydroxylation is 1. The van der Waals surface area contributed by atoms with E-state index < -0.39 is 0 Å². The molecule has 0 radical (unpaired) electrons. The van der Waals surface area contributed by atoms with Crippen molar-refractivity contribution in [3.63, 3.8) is 0 Å². The maximum absolute atomic E-state index is 13.1. The van der Waals surface area contributed by atoms with Crippen LogP contribution >= 0.6 is 0 Å². The second kappa shape index (κ2) is 8.78. The second-order valence-electron chi connectivity index (χ2n) is 7.89. The van der Waals surface area contributed by atoms with E-state index in [0.29, 0.717) is 6.54 Å². The maximum Gasteiger partial charge on any atom is 0.227 e. The van der Waals surface area contributed by atoms with Crippen molar-refractivity contribution in [3.8, 4) is 5.75 Å². The largest absolute Gasteiger partial charge is 0.496 e. The monoisotopic (exact) mass is 378 g/mol. The van der Waals surface area contributed by atoms with E-state index in [4.69, 9.17) is 4.74 Å². The summed E-state index contributed by atoms with van der Waals surface area (Å²) in [6, 6.07) is 16.8. The van der Waals surface area contributed by atoms with Gasteiger partial charge in [-0.2, -0.15) is 0 Å². The van der Waals surface area contributed by atoms with Crippen molar-refractivity contribution in [1.82, 2.24) is 10.2 Å². The summed E-state index contributed by atoms with van der Waals surface area (Å²) < 4.78 is 5.62. The number of rotatable bonds is 6. The number of carbonyl (C=O) groups excluding carboxylic acids is 1. The fourth-order valence-corrected chi connectivity index (χ4v) is 4.78. The highest BCUT2D eigenvalue weighted by molar-refractivity contribution is 5.84. The molecule has 4 rings (SSSR count). The van der Waals surface area contributed by atoms with E-state index in [-0.39, 0.29) is 17.9 Å². The Balaban J connectivity index is 1.51. The van der Waals surface area contributed by atoms with Gasteiger partial charge < -0.3 is 10.1 Å². The van der Waals surface area contributed by atoms with Crippen molar-refractivity contribution in [2.75, 3.05) is 26.7 Å². The number of nitrogens with one attached hydrogen (secondary N) is 1. The highest BCUT2D eigenvalue weighted by Gasteiger charge is 2.29. The number of fused-ring (bicyclic) bond motifs is 1. The van der Waals surface area contributed by atoms with Gasteiger partial charge in [-0.05, 0) is 62.4 Å². The van der Waals surface area contributed by atoms with E-state index in [2.05, 4.69) is 40.5 Å². The molecular weight excluding hydrogens is 348 g/mol. The van der Waals surface area contributed by atoms with Gasteiger partial charge in [0.15, 0.2) is 0 Å². The zero-order chi connectivity index (χ0) is 19.3. The number of hydrogen-bond donors (Lipinski definition) is 1. The Morgan fingerprint density at radius 2 is 1.86 bits per heavy atom. The Morgan fingerprint density at radius 3 is 2.68 bits per heavy atom. The van der Waals surface area contributed by atoms with Gasteiger partial charge in [-0.15, -0.1) is 0 Å². The summed E-state index contributed by atoms with van der Waals surface area (Å²) in [4.78, 5) is 15.6. The van der Waals surface area contributed by atoms with E-state index in [1.165, 1.54) is 24.0 Å². The van der Waals surface area contributed by atoms with Crippen LogP contribution in [0.1, 0.15) is 54.3 Å². The smallest absolute Gasteiger partial charge is 0.227 e. The highest BCUT2D eigenvalue weighted by Crippen LogP contribution is 2.33. The third-order valence-electron chi connectivity index (χ3n) is 6.23. The lowest BCUT2D eigenvalue weighted by Crippen LogP contribution is -2.39. The highest BCUT2D eigenvalue weighted by atomic mass is 16.5. The van der Waals surface area contributed by atoms with Crippen molar-refractivity contribution in [2.24, 2.45) is 0 Å². The number of hydrogen-bond acceptors (Lipinski definition) is 3. The summed E-state index contributed by atoms with van der Waals surface area (Å²) in [5.74, 6) is 1.03. The van der Waals surface area contributed by atoms with Crippen molar-refractivity contribution in [1.29, 1.82) is 0 Å². The third kappa shape index (κ3) is 3.93. The molecule has 28 heavy (non-hydrogen) atoms. The van der Waals surface area contributed by atoms with Crippen molar-refractivity contribution in [3.05, 3.63) is 65.2 Å². The van der Waals surface area contributed by atoms with Crippen LogP contribution in [0, 0.1) is 0 Å². The Morgan fingerprint density at radius 1 is 1.11 bits per heavy atom. The van der Waals surface area contributed by atoms with E-state index in [0.717, 1.165) is 43.7 Å². The topological polar surface area (TPSA) is 41.6 Å². The zero-order valence-electron chi connectivity index (χ0n) is 16.7. The lowest BCUT2D eigenvalue weighted by molar-refractivity contribution is -0.123. The summed E-state index contributed by atoms with van der Waals surface area (Å²) in [5.41, 5.74) is 3.70. The number of amides is 1. The fourth-order valence-electron chi connectivity index (χ4n) is 4.78. The summed E-state index contributed by atoms with van der Waals surface area (Å²) >= 11 is 0. The molecule has 0 bridgehead atoms. The van der Waals surface area contributed by atoms with E-state index in [1.54, 1.807) is 7.11 Å². The second-order valence-corrected chi connectivity index (χ2v) is 7.89. The van der Waals surface area contributed by atoms with Crippen LogP contribution in [-0.4, -0.2) is 37.6 Å². The quantitative estimate of drug-likeness (QED) is 0.824. The molecule has 4 heteroatoms. The standard InChI is InChI=1S/C24H30N2O2/c1-28-23-14-5-4-12-21(23)22(26-15-6-7-16-26)17-25-24(27)20-13-8-10-18-9-2-3-11-19(18)20/h2-5,9,11-12,14,20,22H,6-8,10,13,15-17H2,1H3,(H,25,27)/t20-,22+/m0/s1. The van der Waals surface area contributed by atoms with Gasteiger partial charge in [-0.25, -0.2) is 0 Å². The Kier molecular flexibility index (Phi) is 5.96. The summed E-state index contributed by atoms with van der Waals surface area (Å²) in [6.07, 6.45) is 5.53. The van der Waals surface area contributed by atoms with E-state index in [1.807, 2.05) is 18.2 Å². The van der Waals surface area contributed by atoms with Crippen LogP contribution in [0.4, 0.5) is 0 Å². The van der Waals surface area contributed by atoms with Crippen LogP contribution in [0.2, 0.25) is 0 Å². The summed E-state index contributed by atoms with van der Waals surface area (Å²) in [6.45, 7) is 2.77. The number of carbonyl (C=O) groups is 1. The molecule has 0 aromatic heterocycles. The first kappa shape index (κ1) is 19.0. The minimum absolute atomic E-state index is 0.0261. The van der Waals surface area contributed by atoms with Crippen LogP contribution in [0.5, 0.6) is 5.75 Å². The first-order chi connectivity index (χ1) is 13.8. The molecule has 2 aromatic carbocycles. The van der Waals surface area contributed by atoms with Gasteiger partial charge in [0, 0.05) is 12.1 Å². The zero-order valence-corrected chi connectivity index (χ0v) is 16.7. The maximum atomic E-state index is 13.1. The minimum Gasteiger partial charge on any atom is -0.496 e. The molecule has 2 aliphatic rings. The van der Waals surface area contributed by atoms with Crippen LogP contribution in [0.25, 0.3) is 0 Å². The molecule has 1 N–H and O–H groups in total. The molecule has 0 spiro atoms. The van der Waals surface area contributed by atoms with Crippen LogP contribution in [0.3, 0.4) is 0 Å². The average molecular weight is 379 g/mol. The molecule has 1 heterocycles. The van der Waals surface area contributed by atoms with Gasteiger partial charge in [-0.3, -0.25) is 9.69 Å². The van der Waals surface area contributed by atoms with Crippen molar-refractivity contribution in [2.45, 2.75) is 44.1 Å². The van der Waals surface area contributed by atoms with Gasteiger partial charge in [-0.1, -0.05) is 42.5 Å². The van der Waals surface area contributed by atoms with Gasteiger partial charge in [0.2, 0.25) is 5.91 Å². The number of ether oxygens (including phenoxy) is 1. The summed E-state index contributed by atoms with van der Waals surface area (Å²) in [7, 11) is 1.72. The predicted molar refractivity (Wildman–Crippen MR) is 112 cm³/mol. The van der Waals surface area contributed by atoms with Crippen LogP contribution < -0.4 is 10.1 Å². The predicted octanol–water partition coefficient (Wildman–Crippen LogP) is 4.07. The number of methoxy groups -OCH3 is 1. The molecule has 1 aliphatic heterocycles. The van der Waals surface area contributed by atoms with Crippen LogP contribution in [-0.2, 0) is 11.2 Å². The van der Waals surface area contributed by atoms with Crippen molar-refractivity contribution >= 4 is 5.91 Å². The Bertz CT molecular complexity index is 814. The molecular formula is C24H30N2O2. The molecule has 2 aromatic rings. The molecule has 148 valence electrons. The minimum atomic E-state index is -0.0261. The lowest BCUT2D eigenvalue weighted by Gasteiger charge is -2.31. The molecule has 1 aliphatic carbocycles. The van der Waals surface area contributed by atoms with Crippen LogP contribution in [0.15, 0.2) is 48.5 Å². The van der Waals surface area contributed by atoms with Crippen molar-refractivity contribution < 1.29 is 9.53 Å². The lowest BCUT2D eigenvalue weighted by atomic mass is 9.82. The Labute approximate surface area is 167 Å². The number of nitrogens with zero attached hydrogens (tertiary/aromatic N) is 1. The van der Waals surface area contributed by atoms with Gasteiger partial charge in [0.1, 0.15) is 5.75 Å². The molecule has 0 saturated carbocycles. The average Bonchev–Trinajstić information content (AvgIpc) is 3.28. The molecule has 1 fully saturated rings. The molecule has 1 amide bonds. The molecule has 1 saturated heterocycles. The SMILES string of the molecule is COc1ccccc1[C@@H](CNC(=O)[C@H]1CCCc2ccccc21)N1CCCC1. The fraction of sp³-hybridized carbons (Fsp3) is 0.458. The first-order valence-corrected chi connectivity index (χ1v) is 10.5. The van der Waals surface area contributed by atoms with E-state index >= 15 is 0 Å². The Hall–Kier alpha value is -2.33. The number of likely N-dealkylation sites (tertiary alicyclic amines) is 1. The molecule has 0 unspecified atom stereocenters. The normalized spacial score (nSPS) is 20.4. The third-order valence-corrected chi connectivity index (χ3v) is 6.23.